The predicted octanol–water partition coefficient (Wildman–Crippen LogP) is 2.62. The van der Waals surface area contributed by atoms with Crippen LogP contribution in [0.4, 0.5) is 0 Å². The quantitative estimate of drug-likeness (QED) is 0.372. The van der Waals surface area contributed by atoms with Crippen molar-refractivity contribution >= 4 is 23.2 Å². The van der Waals surface area contributed by atoms with Crippen LogP contribution >= 0.6 is 7.26 Å². The van der Waals surface area contributed by atoms with E-state index in [9.17, 15) is 0 Å². The SMILES string of the molecule is [Br-].c1ccc(CCC[P+](c2ccccc2)(c2ccccc2)c2ccccc2)cc1. The molecule has 2 heteroatoms. The largest absolute Gasteiger partial charge is 1.00 e. The lowest BCUT2D eigenvalue weighted by atomic mass is 10.1. The van der Waals surface area contributed by atoms with Gasteiger partial charge in [-0.25, -0.2) is 0 Å². The van der Waals surface area contributed by atoms with Gasteiger partial charge in [0, 0.05) is 0 Å². The van der Waals surface area contributed by atoms with Crippen LogP contribution in [-0.2, 0) is 6.42 Å². The molecule has 0 aliphatic heterocycles. The molecule has 0 radical (unpaired) electrons. The lowest BCUT2D eigenvalue weighted by Crippen LogP contribution is -3.00. The van der Waals surface area contributed by atoms with E-state index in [4.69, 9.17) is 0 Å². The van der Waals surface area contributed by atoms with E-state index >= 15 is 0 Å². The monoisotopic (exact) mass is 460 g/mol. The fourth-order valence-electron chi connectivity index (χ4n) is 4.05. The Labute approximate surface area is 185 Å². The summed E-state index contributed by atoms with van der Waals surface area (Å²) in [6.07, 6.45) is 3.48. The van der Waals surface area contributed by atoms with Crippen LogP contribution in [0.2, 0.25) is 0 Å². The third-order valence-electron chi connectivity index (χ3n) is 5.39. The normalized spacial score (nSPS) is 10.9. The molecule has 0 nitrogen and oxygen atoms in total. The first-order valence-electron chi connectivity index (χ1n) is 9.98. The minimum absolute atomic E-state index is 0. The van der Waals surface area contributed by atoms with Gasteiger partial charge < -0.3 is 17.0 Å². The van der Waals surface area contributed by atoms with Gasteiger partial charge in [-0.05, 0) is 54.8 Å². The van der Waals surface area contributed by atoms with Crippen molar-refractivity contribution in [2.75, 3.05) is 6.16 Å². The minimum Gasteiger partial charge on any atom is -1.00 e. The minimum atomic E-state index is -1.69. The molecule has 0 unspecified atom stereocenters. The van der Waals surface area contributed by atoms with Crippen molar-refractivity contribution in [1.29, 1.82) is 0 Å². The molecule has 0 saturated carbocycles. The first-order valence-corrected chi connectivity index (χ1v) is 12.0. The Hall–Kier alpha value is -2.21. The number of hydrogen-bond acceptors (Lipinski definition) is 0. The lowest BCUT2D eigenvalue weighted by molar-refractivity contribution is -0.00000543. The van der Waals surface area contributed by atoms with Gasteiger partial charge in [-0.15, -0.1) is 0 Å². The number of aryl methyl sites for hydroxylation is 1. The molecule has 0 fully saturated rings. The van der Waals surface area contributed by atoms with Gasteiger partial charge in [0.05, 0.1) is 6.16 Å². The smallest absolute Gasteiger partial charge is 0.112 e. The summed E-state index contributed by atoms with van der Waals surface area (Å²) in [5, 5.41) is 4.42. The Balaban J connectivity index is 0.00000240. The highest BCUT2D eigenvalue weighted by molar-refractivity contribution is 7.95. The highest BCUT2D eigenvalue weighted by Gasteiger charge is 2.44. The Bertz CT molecular complexity index is 873. The number of rotatable bonds is 7. The van der Waals surface area contributed by atoms with Crippen LogP contribution in [0.3, 0.4) is 0 Å². The molecule has 0 aromatic heterocycles. The third kappa shape index (κ3) is 4.86. The summed E-state index contributed by atoms with van der Waals surface area (Å²) in [5.74, 6) is 0. The van der Waals surface area contributed by atoms with Crippen molar-refractivity contribution in [3.63, 3.8) is 0 Å². The fraction of sp³-hybridized carbons (Fsp3) is 0.111. The molecular weight excluding hydrogens is 435 g/mol. The lowest BCUT2D eigenvalue weighted by Gasteiger charge is -2.27. The van der Waals surface area contributed by atoms with Crippen LogP contribution < -0.4 is 32.9 Å². The summed E-state index contributed by atoms with van der Waals surface area (Å²) in [6, 6.07) is 44.3. The van der Waals surface area contributed by atoms with E-state index in [0.717, 1.165) is 6.42 Å². The Morgan fingerprint density at radius 2 is 0.793 bits per heavy atom. The van der Waals surface area contributed by atoms with Gasteiger partial charge in [0.2, 0.25) is 0 Å². The summed E-state index contributed by atoms with van der Waals surface area (Å²) in [5.41, 5.74) is 1.43. The topological polar surface area (TPSA) is 0 Å². The third-order valence-corrected chi connectivity index (χ3v) is 9.92. The van der Waals surface area contributed by atoms with Gasteiger partial charge in [-0.3, -0.25) is 0 Å². The molecule has 146 valence electrons. The van der Waals surface area contributed by atoms with Gasteiger partial charge in [0.25, 0.3) is 0 Å². The molecule has 4 aromatic rings. The molecule has 0 aliphatic carbocycles. The van der Waals surface area contributed by atoms with E-state index in [1.807, 2.05) is 0 Å². The van der Waals surface area contributed by atoms with E-state index in [2.05, 4.69) is 121 Å². The van der Waals surface area contributed by atoms with Gasteiger partial charge in [0.1, 0.15) is 23.2 Å². The standard InChI is InChI=1S/C27H26P.BrH/c1-5-14-24(15-6-1)16-13-23-28(25-17-7-2-8-18-25,26-19-9-3-10-20-26)27-21-11-4-12-22-27;/h1-12,14-15,17-22H,13,16,23H2;1H/q+1;/p-1. The molecule has 4 rings (SSSR count). The first-order chi connectivity index (χ1) is 13.9. The number of benzene rings is 4. The van der Waals surface area contributed by atoms with Gasteiger partial charge in [-0.1, -0.05) is 84.9 Å². The van der Waals surface area contributed by atoms with Crippen molar-refractivity contribution in [3.8, 4) is 0 Å². The van der Waals surface area contributed by atoms with Crippen LogP contribution in [-0.4, -0.2) is 6.16 Å². The highest BCUT2D eigenvalue weighted by atomic mass is 79.9. The molecule has 0 atom stereocenters. The maximum absolute atomic E-state index is 2.33. The molecule has 0 aliphatic rings. The molecular formula is C27H26BrP. The van der Waals surface area contributed by atoms with Crippen LogP contribution in [0.5, 0.6) is 0 Å². The van der Waals surface area contributed by atoms with Crippen molar-refractivity contribution in [2.45, 2.75) is 12.8 Å². The molecule has 0 spiro atoms. The first kappa shape index (κ1) is 21.5. The van der Waals surface area contributed by atoms with Gasteiger partial charge in [-0.2, -0.15) is 0 Å². The summed E-state index contributed by atoms with van der Waals surface area (Å²) in [4.78, 5) is 0. The van der Waals surface area contributed by atoms with E-state index in [-0.39, 0.29) is 17.0 Å². The van der Waals surface area contributed by atoms with Crippen molar-refractivity contribution in [2.24, 2.45) is 0 Å². The molecule has 0 saturated heterocycles. The average Bonchev–Trinajstić information content (AvgIpc) is 2.79. The van der Waals surface area contributed by atoms with Crippen LogP contribution in [0.15, 0.2) is 121 Å². The Morgan fingerprint density at radius 1 is 0.448 bits per heavy atom. The van der Waals surface area contributed by atoms with Crippen LogP contribution in [0, 0.1) is 0 Å². The number of hydrogen-bond donors (Lipinski definition) is 0. The Morgan fingerprint density at radius 3 is 1.17 bits per heavy atom. The fourth-order valence-corrected chi connectivity index (χ4v) is 8.39. The predicted molar refractivity (Wildman–Crippen MR) is 125 cm³/mol. The molecule has 4 aromatic carbocycles. The molecule has 29 heavy (non-hydrogen) atoms. The molecule has 0 heterocycles. The molecule has 0 bridgehead atoms. The molecule has 0 N–H and O–H groups in total. The zero-order chi connectivity index (χ0) is 19.1. The second kappa shape index (κ2) is 10.5. The van der Waals surface area contributed by atoms with E-state index in [1.165, 1.54) is 34.1 Å². The maximum atomic E-state index is 2.33. The zero-order valence-corrected chi connectivity index (χ0v) is 19.0. The maximum Gasteiger partial charge on any atom is 0.112 e. The highest BCUT2D eigenvalue weighted by Crippen LogP contribution is 2.55. The summed E-state index contributed by atoms with van der Waals surface area (Å²) in [7, 11) is -1.69. The van der Waals surface area contributed by atoms with Gasteiger partial charge >= 0.3 is 0 Å². The van der Waals surface area contributed by atoms with Crippen molar-refractivity contribution < 1.29 is 17.0 Å². The van der Waals surface area contributed by atoms with Crippen LogP contribution in [0.1, 0.15) is 12.0 Å². The summed E-state index contributed by atoms with van der Waals surface area (Å²) < 4.78 is 0. The van der Waals surface area contributed by atoms with E-state index in [0.29, 0.717) is 0 Å². The Kier molecular flexibility index (Phi) is 7.81. The summed E-state index contributed by atoms with van der Waals surface area (Å²) in [6.45, 7) is 0. The van der Waals surface area contributed by atoms with Crippen molar-refractivity contribution in [3.05, 3.63) is 127 Å². The second-order valence-corrected chi connectivity index (χ2v) is 10.7. The van der Waals surface area contributed by atoms with Crippen LogP contribution in [0.25, 0.3) is 0 Å². The average molecular weight is 461 g/mol. The second-order valence-electron chi connectivity index (χ2n) is 7.13. The van der Waals surface area contributed by atoms with Gasteiger partial charge in [0.15, 0.2) is 0 Å². The number of halogens is 1. The van der Waals surface area contributed by atoms with Crippen molar-refractivity contribution in [1.82, 2.24) is 0 Å². The van der Waals surface area contributed by atoms with E-state index in [1.54, 1.807) is 0 Å². The summed E-state index contributed by atoms with van der Waals surface area (Å²) >= 11 is 0. The van der Waals surface area contributed by atoms with E-state index < -0.39 is 7.26 Å². The zero-order valence-electron chi connectivity index (χ0n) is 16.5. The molecule has 0 amide bonds.